The van der Waals surface area contributed by atoms with Crippen LogP contribution < -0.4 is 10.6 Å². The molecule has 13 heavy (non-hydrogen) atoms. The first-order valence-corrected chi connectivity index (χ1v) is 4.33. The molecule has 0 aliphatic carbocycles. The lowest BCUT2D eigenvalue weighted by Gasteiger charge is -2.21. The third-order valence-electron chi connectivity index (χ3n) is 2.06. The largest absolute Gasteiger partial charge is 0.341 e. The van der Waals surface area contributed by atoms with E-state index in [2.05, 4.69) is 22.5 Å². The van der Waals surface area contributed by atoms with Gasteiger partial charge in [-0.3, -0.25) is 4.79 Å². The second-order valence-corrected chi connectivity index (χ2v) is 2.94. The normalized spacial score (nSPS) is 13.8. The Kier molecular flexibility index (Phi) is 3.53. The standard InChI is InChI=1S/C10H14N2O/c1-3-4-5-12-10(13)8(2)9-6-11-7-9/h11H,5-7H2,1-2H3,(H,12,13). The summed E-state index contributed by atoms with van der Waals surface area (Å²) >= 11 is 0. The Morgan fingerprint density at radius 2 is 2.31 bits per heavy atom. The average molecular weight is 178 g/mol. The van der Waals surface area contributed by atoms with Crippen LogP contribution in [-0.4, -0.2) is 25.5 Å². The van der Waals surface area contributed by atoms with Gasteiger partial charge in [0.15, 0.2) is 0 Å². The first-order chi connectivity index (χ1) is 6.25. The molecule has 0 spiro atoms. The molecular weight excluding hydrogens is 164 g/mol. The average Bonchev–Trinajstić information content (AvgIpc) is 2.01. The SMILES string of the molecule is CC#CCNC(=O)C(C)=C1CNC1. The van der Waals surface area contributed by atoms with E-state index in [1.54, 1.807) is 6.92 Å². The van der Waals surface area contributed by atoms with Gasteiger partial charge in [0.05, 0.1) is 6.54 Å². The molecule has 0 aromatic carbocycles. The second kappa shape index (κ2) is 4.68. The number of carbonyl (C=O) groups excluding carboxylic acids is 1. The maximum atomic E-state index is 11.4. The fraction of sp³-hybridized carbons (Fsp3) is 0.500. The number of amides is 1. The highest BCUT2D eigenvalue weighted by Crippen LogP contribution is 2.07. The predicted octanol–water partition coefficient (Wildman–Crippen LogP) is 0.0456. The maximum absolute atomic E-state index is 11.4. The first-order valence-electron chi connectivity index (χ1n) is 4.33. The molecule has 1 fully saturated rings. The lowest BCUT2D eigenvalue weighted by atomic mass is 10.0. The number of nitrogens with one attached hydrogen (secondary N) is 2. The Balaban J connectivity index is 2.41. The van der Waals surface area contributed by atoms with Gasteiger partial charge >= 0.3 is 0 Å². The van der Waals surface area contributed by atoms with Crippen LogP contribution in [0.15, 0.2) is 11.1 Å². The Morgan fingerprint density at radius 3 is 2.77 bits per heavy atom. The molecule has 1 amide bonds. The molecule has 1 heterocycles. The Morgan fingerprint density at radius 1 is 1.62 bits per heavy atom. The smallest absolute Gasteiger partial charge is 0.247 e. The quantitative estimate of drug-likeness (QED) is 0.463. The zero-order valence-corrected chi connectivity index (χ0v) is 8.03. The summed E-state index contributed by atoms with van der Waals surface area (Å²) < 4.78 is 0. The zero-order chi connectivity index (χ0) is 9.68. The highest BCUT2D eigenvalue weighted by Gasteiger charge is 2.14. The van der Waals surface area contributed by atoms with Crippen LogP contribution in [0.5, 0.6) is 0 Å². The van der Waals surface area contributed by atoms with Crippen LogP contribution in [0.3, 0.4) is 0 Å². The molecule has 1 aliphatic heterocycles. The topological polar surface area (TPSA) is 41.1 Å². The molecule has 0 saturated carbocycles. The van der Waals surface area contributed by atoms with Crippen molar-refractivity contribution < 1.29 is 4.79 Å². The number of carbonyl (C=O) groups is 1. The van der Waals surface area contributed by atoms with E-state index in [9.17, 15) is 4.79 Å². The van der Waals surface area contributed by atoms with E-state index >= 15 is 0 Å². The van der Waals surface area contributed by atoms with Crippen LogP contribution in [0.1, 0.15) is 13.8 Å². The van der Waals surface area contributed by atoms with Crippen molar-refractivity contribution in [2.75, 3.05) is 19.6 Å². The van der Waals surface area contributed by atoms with Crippen LogP contribution in [-0.2, 0) is 4.79 Å². The van der Waals surface area contributed by atoms with Crippen molar-refractivity contribution in [1.29, 1.82) is 0 Å². The van der Waals surface area contributed by atoms with E-state index in [0.717, 1.165) is 18.7 Å². The fourth-order valence-electron chi connectivity index (χ4n) is 1.02. The molecule has 0 aromatic heterocycles. The van der Waals surface area contributed by atoms with Crippen molar-refractivity contribution in [3.8, 4) is 11.8 Å². The van der Waals surface area contributed by atoms with Crippen LogP contribution >= 0.6 is 0 Å². The third-order valence-corrected chi connectivity index (χ3v) is 2.06. The Hall–Kier alpha value is -1.27. The van der Waals surface area contributed by atoms with Gasteiger partial charge in [-0.2, -0.15) is 0 Å². The van der Waals surface area contributed by atoms with Gasteiger partial charge in [-0.25, -0.2) is 0 Å². The van der Waals surface area contributed by atoms with Crippen LogP contribution in [0, 0.1) is 11.8 Å². The van der Waals surface area contributed by atoms with Gasteiger partial charge in [0.25, 0.3) is 0 Å². The molecule has 1 saturated heterocycles. The number of hydrogen-bond acceptors (Lipinski definition) is 2. The summed E-state index contributed by atoms with van der Waals surface area (Å²) in [7, 11) is 0. The van der Waals surface area contributed by atoms with Gasteiger partial charge < -0.3 is 10.6 Å². The minimum Gasteiger partial charge on any atom is -0.341 e. The molecule has 0 aromatic rings. The van der Waals surface area contributed by atoms with Crippen LogP contribution in [0.4, 0.5) is 0 Å². The summed E-state index contributed by atoms with van der Waals surface area (Å²) in [6.45, 7) is 5.74. The van der Waals surface area contributed by atoms with Gasteiger partial charge in [0.1, 0.15) is 0 Å². The van der Waals surface area contributed by atoms with E-state index < -0.39 is 0 Å². The van der Waals surface area contributed by atoms with Gasteiger partial charge in [-0.1, -0.05) is 5.92 Å². The molecule has 1 aliphatic rings. The molecular formula is C10H14N2O. The minimum absolute atomic E-state index is 0.000694. The summed E-state index contributed by atoms with van der Waals surface area (Å²) in [5.74, 6) is 5.51. The maximum Gasteiger partial charge on any atom is 0.247 e. The van der Waals surface area contributed by atoms with Crippen molar-refractivity contribution in [3.63, 3.8) is 0 Å². The second-order valence-electron chi connectivity index (χ2n) is 2.94. The van der Waals surface area contributed by atoms with Crippen molar-refractivity contribution >= 4 is 5.91 Å². The Labute approximate surface area is 78.6 Å². The fourth-order valence-corrected chi connectivity index (χ4v) is 1.02. The molecule has 3 heteroatoms. The Bertz CT molecular complexity index is 288. The van der Waals surface area contributed by atoms with Crippen molar-refractivity contribution in [2.45, 2.75) is 13.8 Å². The highest BCUT2D eigenvalue weighted by atomic mass is 16.1. The zero-order valence-electron chi connectivity index (χ0n) is 8.03. The number of hydrogen-bond donors (Lipinski definition) is 2. The predicted molar refractivity (Wildman–Crippen MR) is 52.0 cm³/mol. The molecule has 1 rings (SSSR count). The van der Waals surface area contributed by atoms with Crippen molar-refractivity contribution in [3.05, 3.63) is 11.1 Å². The van der Waals surface area contributed by atoms with Crippen molar-refractivity contribution in [2.24, 2.45) is 0 Å². The molecule has 70 valence electrons. The van der Waals surface area contributed by atoms with Gasteiger partial charge in [0, 0.05) is 18.7 Å². The lowest BCUT2D eigenvalue weighted by Crippen LogP contribution is -2.37. The van der Waals surface area contributed by atoms with E-state index in [-0.39, 0.29) is 5.91 Å². The molecule has 0 atom stereocenters. The summed E-state index contributed by atoms with van der Waals surface area (Å²) in [5, 5.41) is 5.83. The molecule has 0 radical (unpaired) electrons. The van der Waals surface area contributed by atoms with Gasteiger partial charge in [-0.15, -0.1) is 5.92 Å². The van der Waals surface area contributed by atoms with Gasteiger partial charge in [0.2, 0.25) is 5.91 Å². The summed E-state index contributed by atoms with van der Waals surface area (Å²) in [5.41, 5.74) is 2.03. The number of rotatable bonds is 2. The van der Waals surface area contributed by atoms with E-state index in [1.807, 2.05) is 6.92 Å². The highest BCUT2D eigenvalue weighted by molar-refractivity contribution is 5.94. The van der Waals surface area contributed by atoms with Crippen LogP contribution in [0.25, 0.3) is 0 Å². The van der Waals surface area contributed by atoms with E-state index in [0.29, 0.717) is 6.54 Å². The monoisotopic (exact) mass is 178 g/mol. The molecule has 2 N–H and O–H groups in total. The minimum atomic E-state index is -0.000694. The third kappa shape index (κ3) is 2.60. The van der Waals surface area contributed by atoms with Crippen LogP contribution in [0.2, 0.25) is 0 Å². The van der Waals surface area contributed by atoms with Gasteiger partial charge in [-0.05, 0) is 19.4 Å². The molecule has 0 bridgehead atoms. The summed E-state index contributed by atoms with van der Waals surface area (Å²) in [4.78, 5) is 11.4. The summed E-state index contributed by atoms with van der Waals surface area (Å²) in [6, 6.07) is 0. The van der Waals surface area contributed by atoms with E-state index in [4.69, 9.17) is 0 Å². The summed E-state index contributed by atoms with van der Waals surface area (Å²) in [6.07, 6.45) is 0. The van der Waals surface area contributed by atoms with Crippen molar-refractivity contribution in [1.82, 2.24) is 10.6 Å². The molecule has 0 unspecified atom stereocenters. The first kappa shape index (κ1) is 9.82. The van der Waals surface area contributed by atoms with E-state index in [1.165, 1.54) is 5.57 Å². The molecule has 3 nitrogen and oxygen atoms in total. The lowest BCUT2D eigenvalue weighted by molar-refractivity contribution is -0.117.